The van der Waals surface area contributed by atoms with E-state index in [-0.39, 0.29) is 6.04 Å². The van der Waals surface area contributed by atoms with Crippen LogP contribution in [0.4, 0.5) is 0 Å². The third kappa shape index (κ3) is 2.03. The summed E-state index contributed by atoms with van der Waals surface area (Å²) < 4.78 is 0. The van der Waals surface area contributed by atoms with Crippen LogP contribution >= 0.6 is 0 Å². The molecule has 3 nitrogen and oxygen atoms in total. The van der Waals surface area contributed by atoms with Crippen LogP contribution in [0, 0.1) is 12.3 Å². The lowest BCUT2D eigenvalue weighted by molar-refractivity contribution is 0.743. The molecule has 0 amide bonds. The molecule has 2 N–H and O–H groups in total. The molecular weight excluding hydrogens is 138 g/mol. The van der Waals surface area contributed by atoms with Crippen molar-refractivity contribution >= 4 is 0 Å². The second kappa shape index (κ2) is 3.69. The standard InChI is InChI=1S/C8H9N3/c1-2-3-8(9)7-4-10-6-11-5-7/h1,4-6,8H,3,9H2. The Bertz CT molecular complexity index is 250. The normalized spacial score (nSPS) is 12.0. The molecule has 1 unspecified atom stereocenters. The van der Waals surface area contributed by atoms with Gasteiger partial charge in [-0.05, 0) is 0 Å². The Hall–Kier alpha value is -1.40. The molecule has 56 valence electrons. The maximum absolute atomic E-state index is 5.68. The summed E-state index contributed by atoms with van der Waals surface area (Å²) in [5, 5.41) is 0. The molecule has 0 aromatic carbocycles. The van der Waals surface area contributed by atoms with Gasteiger partial charge in [0, 0.05) is 30.4 Å². The molecule has 0 aliphatic carbocycles. The fourth-order valence-electron chi connectivity index (χ4n) is 0.747. The van der Waals surface area contributed by atoms with Gasteiger partial charge in [-0.2, -0.15) is 0 Å². The van der Waals surface area contributed by atoms with Gasteiger partial charge in [-0.25, -0.2) is 9.97 Å². The minimum absolute atomic E-state index is 0.138. The van der Waals surface area contributed by atoms with Gasteiger partial charge in [0.2, 0.25) is 0 Å². The van der Waals surface area contributed by atoms with Crippen molar-refractivity contribution < 1.29 is 0 Å². The molecule has 1 aromatic rings. The van der Waals surface area contributed by atoms with Gasteiger partial charge in [0.25, 0.3) is 0 Å². The lowest BCUT2D eigenvalue weighted by Crippen LogP contribution is -2.09. The van der Waals surface area contributed by atoms with Gasteiger partial charge in [-0.3, -0.25) is 0 Å². The molecule has 11 heavy (non-hydrogen) atoms. The summed E-state index contributed by atoms with van der Waals surface area (Å²) >= 11 is 0. The third-order valence-corrected chi connectivity index (χ3v) is 1.35. The van der Waals surface area contributed by atoms with Crippen LogP contribution in [0.3, 0.4) is 0 Å². The molecular formula is C8H9N3. The highest BCUT2D eigenvalue weighted by Crippen LogP contribution is 2.08. The van der Waals surface area contributed by atoms with Crippen LogP contribution in [-0.4, -0.2) is 9.97 Å². The van der Waals surface area contributed by atoms with E-state index in [1.165, 1.54) is 6.33 Å². The molecule has 0 fully saturated rings. The summed E-state index contributed by atoms with van der Waals surface area (Å²) in [4.78, 5) is 7.66. The summed E-state index contributed by atoms with van der Waals surface area (Å²) in [5.74, 6) is 2.49. The summed E-state index contributed by atoms with van der Waals surface area (Å²) in [6.45, 7) is 0. The zero-order valence-electron chi connectivity index (χ0n) is 6.07. The van der Waals surface area contributed by atoms with Crippen LogP contribution in [0.2, 0.25) is 0 Å². The van der Waals surface area contributed by atoms with Gasteiger partial charge in [0.05, 0.1) is 0 Å². The van der Waals surface area contributed by atoms with Gasteiger partial charge < -0.3 is 5.73 Å². The number of rotatable bonds is 2. The molecule has 0 saturated heterocycles. The first kappa shape index (κ1) is 7.70. The highest BCUT2D eigenvalue weighted by molar-refractivity contribution is 5.10. The molecule has 1 rings (SSSR count). The van der Waals surface area contributed by atoms with E-state index in [1.807, 2.05) is 0 Å². The Morgan fingerprint density at radius 3 is 2.73 bits per heavy atom. The first-order chi connectivity index (χ1) is 5.34. The monoisotopic (exact) mass is 147 g/mol. The van der Waals surface area contributed by atoms with Crippen LogP contribution in [0.15, 0.2) is 18.7 Å². The zero-order chi connectivity index (χ0) is 8.10. The Kier molecular flexibility index (Phi) is 2.59. The maximum atomic E-state index is 5.68. The minimum Gasteiger partial charge on any atom is -0.323 e. The van der Waals surface area contributed by atoms with E-state index in [0.29, 0.717) is 6.42 Å². The number of aromatic nitrogens is 2. The molecule has 0 aliphatic heterocycles. The average Bonchev–Trinajstić information content (AvgIpc) is 2.07. The minimum atomic E-state index is -0.138. The number of terminal acetylenes is 1. The smallest absolute Gasteiger partial charge is 0.115 e. The fraction of sp³-hybridized carbons (Fsp3) is 0.250. The first-order valence-corrected chi connectivity index (χ1v) is 3.28. The third-order valence-electron chi connectivity index (χ3n) is 1.35. The molecule has 0 aliphatic rings. The van der Waals surface area contributed by atoms with Crippen molar-refractivity contribution in [1.82, 2.24) is 9.97 Å². The van der Waals surface area contributed by atoms with Crippen LogP contribution in [-0.2, 0) is 0 Å². The molecule has 1 aromatic heterocycles. The molecule has 1 heterocycles. The van der Waals surface area contributed by atoms with E-state index in [4.69, 9.17) is 12.2 Å². The topological polar surface area (TPSA) is 51.8 Å². The van der Waals surface area contributed by atoms with E-state index in [0.717, 1.165) is 5.56 Å². The number of hydrogen-bond donors (Lipinski definition) is 1. The molecule has 1 atom stereocenters. The Balaban J connectivity index is 2.70. The van der Waals surface area contributed by atoms with E-state index in [1.54, 1.807) is 12.4 Å². The predicted octanol–water partition coefficient (Wildman–Crippen LogP) is 0.500. The van der Waals surface area contributed by atoms with Gasteiger partial charge in [-0.15, -0.1) is 12.3 Å². The number of nitrogens with two attached hydrogens (primary N) is 1. The van der Waals surface area contributed by atoms with Gasteiger partial charge in [-0.1, -0.05) is 0 Å². The second-order valence-electron chi connectivity index (χ2n) is 2.19. The first-order valence-electron chi connectivity index (χ1n) is 3.28. The van der Waals surface area contributed by atoms with E-state index in [9.17, 15) is 0 Å². The zero-order valence-corrected chi connectivity index (χ0v) is 6.07. The van der Waals surface area contributed by atoms with Crippen molar-refractivity contribution in [2.45, 2.75) is 12.5 Å². The lowest BCUT2D eigenvalue weighted by Gasteiger charge is -2.05. The Morgan fingerprint density at radius 1 is 1.55 bits per heavy atom. The summed E-state index contributed by atoms with van der Waals surface area (Å²) in [7, 11) is 0. The quantitative estimate of drug-likeness (QED) is 0.620. The fourth-order valence-corrected chi connectivity index (χ4v) is 0.747. The Morgan fingerprint density at radius 2 is 2.18 bits per heavy atom. The summed E-state index contributed by atoms with van der Waals surface area (Å²) in [6, 6.07) is -0.138. The largest absolute Gasteiger partial charge is 0.323 e. The lowest BCUT2D eigenvalue weighted by atomic mass is 10.1. The highest BCUT2D eigenvalue weighted by atomic mass is 14.8. The molecule has 0 bridgehead atoms. The number of hydrogen-bond acceptors (Lipinski definition) is 3. The van der Waals surface area contributed by atoms with E-state index < -0.39 is 0 Å². The molecule has 0 spiro atoms. The average molecular weight is 147 g/mol. The molecule has 0 saturated carbocycles. The van der Waals surface area contributed by atoms with Crippen molar-refractivity contribution in [2.24, 2.45) is 5.73 Å². The molecule has 3 heteroatoms. The van der Waals surface area contributed by atoms with Gasteiger partial charge in [0.15, 0.2) is 0 Å². The highest BCUT2D eigenvalue weighted by Gasteiger charge is 2.02. The van der Waals surface area contributed by atoms with E-state index in [2.05, 4.69) is 15.9 Å². The van der Waals surface area contributed by atoms with Crippen LogP contribution in [0.1, 0.15) is 18.0 Å². The van der Waals surface area contributed by atoms with Crippen molar-refractivity contribution in [3.05, 3.63) is 24.3 Å². The predicted molar refractivity (Wildman–Crippen MR) is 42.4 cm³/mol. The van der Waals surface area contributed by atoms with Crippen molar-refractivity contribution in [3.8, 4) is 12.3 Å². The second-order valence-corrected chi connectivity index (χ2v) is 2.19. The van der Waals surface area contributed by atoms with Gasteiger partial charge in [0.1, 0.15) is 6.33 Å². The van der Waals surface area contributed by atoms with E-state index >= 15 is 0 Å². The molecule has 0 radical (unpaired) electrons. The summed E-state index contributed by atoms with van der Waals surface area (Å²) in [5.41, 5.74) is 6.56. The Labute approximate surface area is 65.7 Å². The van der Waals surface area contributed by atoms with Crippen molar-refractivity contribution in [1.29, 1.82) is 0 Å². The summed E-state index contributed by atoms with van der Waals surface area (Å²) in [6.07, 6.45) is 10.4. The van der Waals surface area contributed by atoms with Crippen LogP contribution < -0.4 is 5.73 Å². The van der Waals surface area contributed by atoms with Gasteiger partial charge >= 0.3 is 0 Å². The van der Waals surface area contributed by atoms with Crippen molar-refractivity contribution in [3.63, 3.8) is 0 Å². The SMILES string of the molecule is C#CCC(N)c1cncnc1. The maximum Gasteiger partial charge on any atom is 0.115 e. The van der Waals surface area contributed by atoms with Crippen LogP contribution in [0.5, 0.6) is 0 Å². The van der Waals surface area contributed by atoms with Crippen molar-refractivity contribution in [2.75, 3.05) is 0 Å². The van der Waals surface area contributed by atoms with Crippen LogP contribution in [0.25, 0.3) is 0 Å². The number of nitrogens with zero attached hydrogens (tertiary/aromatic N) is 2.